The summed E-state index contributed by atoms with van der Waals surface area (Å²) in [6, 6.07) is 0. The van der Waals surface area contributed by atoms with Gasteiger partial charge in [-0.25, -0.2) is 0 Å². The van der Waals surface area contributed by atoms with Crippen LogP contribution in [0.3, 0.4) is 0 Å². The quantitative estimate of drug-likeness (QED) is 0.0261. The first-order valence-electron chi connectivity index (χ1n) is 35.1. The van der Waals surface area contributed by atoms with Gasteiger partial charge in [0, 0.05) is 19.3 Å². The lowest BCUT2D eigenvalue weighted by Gasteiger charge is -2.18. The Bertz CT molecular complexity index is 1360. The smallest absolute Gasteiger partial charge is 0.306 e. The van der Waals surface area contributed by atoms with Crippen molar-refractivity contribution < 1.29 is 28.6 Å². The van der Waals surface area contributed by atoms with Crippen molar-refractivity contribution in [1.29, 1.82) is 0 Å². The standard InChI is InChI=1S/C73H134O6/c1-4-7-10-13-16-19-22-25-28-30-32-33-34-35-36-37-38-39-40-41-43-45-48-51-54-57-60-63-66-72(75)78-69-70(68-77-71(74)65-62-59-56-53-50-47-44-27-24-21-18-15-12-9-6-3)79-73(76)67-64-61-58-55-52-49-46-42-31-29-26-23-20-17-14-11-8-5-2/h9,12,18,21,27,29,31,44,70H,4-8,10-11,13-17,19-20,22-26,28,30,32-43,45-69H2,1-3H3/b12-9-,21-18-,31-29-,44-27-. The highest BCUT2D eigenvalue weighted by Gasteiger charge is 2.19. The molecule has 0 fully saturated rings. The SMILES string of the molecule is CC/C=C\C/C=C\C/C=C\CCCCCCCC(=O)OCC(COC(=O)CCCCCCCCCCCCCCCCCCCCCCCCCCCCCC)OC(=O)CCCCCCCCC/C=C\CCCCCCCCC. The summed E-state index contributed by atoms with van der Waals surface area (Å²) in [6.07, 6.45) is 85.8. The summed E-state index contributed by atoms with van der Waals surface area (Å²) in [5.74, 6) is -0.874. The van der Waals surface area contributed by atoms with E-state index in [1.807, 2.05) is 0 Å². The molecule has 0 aliphatic carbocycles. The lowest BCUT2D eigenvalue weighted by molar-refractivity contribution is -0.167. The van der Waals surface area contributed by atoms with E-state index in [1.165, 1.54) is 244 Å². The highest BCUT2D eigenvalue weighted by molar-refractivity contribution is 5.71. The second kappa shape index (κ2) is 67.9. The van der Waals surface area contributed by atoms with Crippen LogP contribution in [0.5, 0.6) is 0 Å². The Morgan fingerprint density at radius 3 is 0.785 bits per heavy atom. The molecular weight excluding hydrogens is 973 g/mol. The maximum Gasteiger partial charge on any atom is 0.306 e. The van der Waals surface area contributed by atoms with Crippen LogP contribution in [-0.4, -0.2) is 37.2 Å². The molecule has 79 heavy (non-hydrogen) atoms. The zero-order valence-electron chi connectivity index (χ0n) is 53.2. The molecule has 6 heteroatoms. The van der Waals surface area contributed by atoms with Gasteiger partial charge in [0.1, 0.15) is 13.2 Å². The minimum Gasteiger partial charge on any atom is -0.462 e. The van der Waals surface area contributed by atoms with Crippen molar-refractivity contribution >= 4 is 17.9 Å². The van der Waals surface area contributed by atoms with Crippen LogP contribution in [0.2, 0.25) is 0 Å². The number of ether oxygens (including phenoxy) is 3. The third-order valence-electron chi connectivity index (χ3n) is 15.8. The maximum atomic E-state index is 12.9. The number of hydrogen-bond donors (Lipinski definition) is 0. The van der Waals surface area contributed by atoms with Crippen molar-refractivity contribution in [2.75, 3.05) is 13.2 Å². The van der Waals surface area contributed by atoms with Crippen molar-refractivity contribution in [3.63, 3.8) is 0 Å². The molecule has 1 unspecified atom stereocenters. The molecule has 0 aliphatic heterocycles. The molecule has 0 heterocycles. The number of hydrogen-bond acceptors (Lipinski definition) is 6. The number of esters is 3. The Morgan fingerprint density at radius 2 is 0.494 bits per heavy atom. The minimum absolute atomic E-state index is 0.0766. The highest BCUT2D eigenvalue weighted by atomic mass is 16.6. The molecule has 0 radical (unpaired) electrons. The Labute approximate surface area is 492 Å². The third-order valence-corrected chi connectivity index (χ3v) is 15.8. The van der Waals surface area contributed by atoms with Crippen molar-refractivity contribution in [2.45, 2.75) is 386 Å². The largest absolute Gasteiger partial charge is 0.462 e. The Morgan fingerprint density at radius 1 is 0.266 bits per heavy atom. The monoisotopic (exact) mass is 1110 g/mol. The summed E-state index contributed by atoms with van der Waals surface area (Å²) in [5.41, 5.74) is 0. The van der Waals surface area contributed by atoms with Gasteiger partial charge in [-0.1, -0.05) is 333 Å². The van der Waals surface area contributed by atoms with E-state index in [2.05, 4.69) is 69.4 Å². The molecule has 0 aromatic heterocycles. The van der Waals surface area contributed by atoms with Crippen LogP contribution in [-0.2, 0) is 28.6 Å². The first-order chi connectivity index (χ1) is 39.0. The molecule has 1 atom stereocenters. The fraction of sp³-hybridized carbons (Fsp3) is 0.849. The van der Waals surface area contributed by atoms with E-state index in [-0.39, 0.29) is 31.1 Å². The molecule has 0 amide bonds. The van der Waals surface area contributed by atoms with E-state index >= 15 is 0 Å². The van der Waals surface area contributed by atoms with Crippen LogP contribution in [0.1, 0.15) is 380 Å². The normalized spacial score (nSPS) is 12.3. The van der Waals surface area contributed by atoms with Crippen LogP contribution in [0, 0.1) is 0 Å². The summed E-state index contributed by atoms with van der Waals surface area (Å²) in [7, 11) is 0. The number of carbonyl (C=O) groups is 3. The predicted molar refractivity (Wildman–Crippen MR) is 344 cm³/mol. The number of unbranched alkanes of at least 4 members (excludes halogenated alkanes) is 46. The van der Waals surface area contributed by atoms with E-state index in [0.717, 1.165) is 96.3 Å². The minimum atomic E-state index is -0.782. The first-order valence-corrected chi connectivity index (χ1v) is 35.1. The third kappa shape index (κ3) is 66.1. The second-order valence-corrected chi connectivity index (χ2v) is 23.8. The first kappa shape index (κ1) is 76.4. The molecule has 0 spiro atoms. The van der Waals surface area contributed by atoms with Crippen LogP contribution < -0.4 is 0 Å². The molecule has 462 valence electrons. The van der Waals surface area contributed by atoms with Crippen molar-refractivity contribution in [2.24, 2.45) is 0 Å². The van der Waals surface area contributed by atoms with Crippen molar-refractivity contribution in [1.82, 2.24) is 0 Å². The summed E-state index contributed by atoms with van der Waals surface area (Å²) in [4.78, 5) is 38.4. The van der Waals surface area contributed by atoms with E-state index in [0.29, 0.717) is 19.3 Å². The van der Waals surface area contributed by atoms with Crippen molar-refractivity contribution in [3.8, 4) is 0 Å². The molecule has 0 saturated heterocycles. The molecule has 0 aliphatic rings. The lowest BCUT2D eigenvalue weighted by Crippen LogP contribution is -2.30. The maximum absolute atomic E-state index is 12.9. The van der Waals surface area contributed by atoms with Crippen LogP contribution >= 0.6 is 0 Å². The van der Waals surface area contributed by atoms with E-state index < -0.39 is 6.10 Å². The van der Waals surface area contributed by atoms with Gasteiger partial charge in [0.05, 0.1) is 0 Å². The molecule has 0 aromatic rings. The molecule has 0 bridgehead atoms. The Kier molecular flexibility index (Phi) is 65.6. The van der Waals surface area contributed by atoms with Crippen LogP contribution in [0.15, 0.2) is 48.6 Å². The number of rotatable bonds is 65. The fourth-order valence-corrected chi connectivity index (χ4v) is 10.6. The topological polar surface area (TPSA) is 78.9 Å². The molecule has 6 nitrogen and oxygen atoms in total. The van der Waals surface area contributed by atoms with E-state index in [1.54, 1.807) is 0 Å². The van der Waals surface area contributed by atoms with E-state index in [9.17, 15) is 14.4 Å². The summed E-state index contributed by atoms with van der Waals surface area (Å²) < 4.78 is 17.0. The molecule has 0 N–H and O–H groups in total. The Hall–Kier alpha value is -2.63. The van der Waals surface area contributed by atoms with Gasteiger partial charge in [0.25, 0.3) is 0 Å². The van der Waals surface area contributed by atoms with Gasteiger partial charge in [-0.3, -0.25) is 14.4 Å². The summed E-state index contributed by atoms with van der Waals surface area (Å²) in [5, 5.41) is 0. The van der Waals surface area contributed by atoms with Gasteiger partial charge in [-0.05, 0) is 77.0 Å². The fourth-order valence-electron chi connectivity index (χ4n) is 10.6. The lowest BCUT2D eigenvalue weighted by atomic mass is 10.0. The molecular formula is C73H134O6. The average molecular weight is 1110 g/mol. The summed E-state index contributed by atoms with van der Waals surface area (Å²) in [6.45, 7) is 6.58. The summed E-state index contributed by atoms with van der Waals surface area (Å²) >= 11 is 0. The zero-order chi connectivity index (χ0) is 57.1. The van der Waals surface area contributed by atoms with Gasteiger partial charge < -0.3 is 14.2 Å². The van der Waals surface area contributed by atoms with Gasteiger partial charge in [-0.2, -0.15) is 0 Å². The zero-order valence-corrected chi connectivity index (χ0v) is 53.2. The van der Waals surface area contributed by atoms with Gasteiger partial charge in [0.2, 0.25) is 0 Å². The predicted octanol–water partition coefficient (Wildman–Crippen LogP) is 24.1. The average Bonchev–Trinajstić information content (AvgIpc) is 3.45. The molecule has 0 rings (SSSR count). The van der Waals surface area contributed by atoms with Crippen molar-refractivity contribution in [3.05, 3.63) is 48.6 Å². The molecule has 0 aromatic carbocycles. The van der Waals surface area contributed by atoms with E-state index in [4.69, 9.17) is 14.2 Å². The van der Waals surface area contributed by atoms with Crippen LogP contribution in [0.25, 0.3) is 0 Å². The molecule has 0 saturated carbocycles. The number of carbonyl (C=O) groups excluding carboxylic acids is 3. The van der Waals surface area contributed by atoms with Gasteiger partial charge in [-0.15, -0.1) is 0 Å². The van der Waals surface area contributed by atoms with Gasteiger partial charge >= 0.3 is 17.9 Å². The van der Waals surface area contributed by atoms with Crippen LogP contribution in [0.4, 0.5) is 0 Å². The second-order valence-electron chi connectivity index (χ2n) is 23.8. The Balaban J connectivity index is 4.23. The number of allylic oxidation sites excluding steroid dienone is 8. The van der Waals surface area contributed by atoms with Gasteiger partial charge in [0.15, 0.2) is 6.10 Å². The highest BCUT2D eigenvalue weighted by Crippen LogP contribution is 2.18.